The zero-order valence-electron chi connectivity index (χ0n) is 17.3. The first-order chi connectivity index (χ1) is 13.5. The second kappa shape index (κ2) is 7.16. The molecule has 0 saturated heterocycles. The molecule has 2 aliphatic rings. The molecule has 0 spiro atoms. The van der Waals surface area contributed by atoms with Gasteiger partial charge in [0.1, 0.15) is 25.4 Å². The minimum absolute atomic E-state index is 0.913. The monoisotopic (exact) mass is 371 g/mol. The van der Waals surface area contributed by atoms with Gasteiger partial charge in [0.15, 0.2) is 0 Å². The Morgan fingerprint density at radius 1 is 0.893 bits per heavy atom. The molecule has 2 aromatic rings. The van der Waals surface area contributed by atoms with E-state index in [4.69, 9.17) is 4.42 Å². The molecule has 142 valence electrons. The van der Waals surface area contributed by atoms with Gasteiger partial charge in [0.25, 0.3) is 0 Å². The van der Waals surface area contributed by atoms with Crippen LogP contribution in [0.2, 0.25) is 0 Å². The molecule has 3 nitrogen and oxygen atoms in total. The van der Waals surface area contributed by atoms with Crippen molar-refractivity contribution < 1.29 is 4.42 Å². The number of hydrogen-bond donors (Lipinski definition) is 0. The maximum absolute atomic E-state index is 6.41. The van der Waals surface area contributed by atoms with Crippen LogP contribution in [0.1, 0.15) is 12.5 Å². The summed E-state index contributed by atoms with van der Waals surface area (Å²) in [5.41, 5.74) is 7.08. The fraction of sp³-hybridized carbons (Fsp3) is 0.240. The minimum Gasteiger partial charge on any atom is -0.456 e. The molecule has 1 aliphatic heterocycles. The fourth-order valence-corrected chi connectivity index (χ4v) is 3.79. The first-order valence-electron chi connectivity index (χ1n) is 9.76. The van der Waals surface area contributed by atoms with Crippen LogP contribution in [-0.2, 0) is 6.42 Å². The lowest BCUT2D eigenvalue weighted by molar-refractivity contribution is 0.617. The molecule has 0 bridgehead atoms. The van der Waals surface area contributed by atoms with Crippen LogP contribution in [-0.4, -0.2) is 28.2 Å². The van der Waals surface area contributed by atoms with Crippen molar-refractivity contribution in [3.8, 4) is 22.5 Å². The summed E-state index contributed by atoms with van der Waals surface area (Å²) in [6.45, 7) is 2.21. The number of rotatable bonds is 3. The number of anilines is 1. The Morgan fingerprint density at radius 3 is 2.39 bits per heavy atom. The number of fused-ring (bicyclic) bond motifs is 2. The van der Waals surface area contributed by atoms with Gasteiger partial charge in [-0.2, -0.15) is 0 Å². The van der Waals surface area contributed by atoms with Crippen LogP contribution in [0.3, 0.4) is 0 Å². The lowest BCUT2D eigenvalue weighted by Crippen LogP contribution is -2.21. The van der Waals surface area contributed by atoms with Gasteiger partial charge in [-0.3, -0.25) is 0 Å². The summed E-state index contributed by atoms with van der Waals surface area (Å²) in [5.74, 6) is 0.913. The van der Waals surface area contributed by atoms with Crippen LogP contribution < -0.4 is 14.8 Å². The van der Waals surface area contributed by atoms with Crippen molar-refractivity contribution in [3.05, 3.63) is 71.6 Å². The Kier molecular flexibility index (Phi) is 4.68. The summed E-state index contributed by atoms with van der Waals surface area (Å²) in [6.07, 6.45) is 0.997. The molecule has 1 heterocycles. The fourth-order valence-electron chi connectivity index (χ4n) is 3.79. The predicted octanol–water partition coefficient (Wildman–Crippen LogP) is 4.86. The van der Waals surface area contributed by atoms with Crippen molar-refractivity contribution in [3.63, 3.8) is 0 Å². The minimum atomic E-state index is 0.913. The molecule has 0 fully saturated rings. The van der Waals surface area contributed by atoms with Gasteiger partial charge in [-0.1, -0.05) is 31.2 Å². The van der Waals surface area contributed by atoms with Crippen LogP contribution in [0.15, 0.2) is 65.1 Å². The molecule has 0 saturated carbocycles. The van der Waals surface area contributed by atoms with Gasteiger partial charge in [0.2, 0.25) is 5.36 Å². The summed E-state index contributed by atoms with van der Waals surface area (Å²) in [4.78, 5) is 2.11. The Balaban J connectivity index is 2.17. The highest BCUT2D eigenvalue weighted by molar-refractivity contribution is 6.03. The zero-order valence-corrected chi connectivity index (χ0v) is 17.3. The third-order valence-corrected chi connectivity index (χ3v) is 5.39. The Bertz CT molecular complexity index is 1200. The molecule has 28 heavy (non-hydrogen) atoms. The van der Waals surface area contributed by atoms with E-state index < -0.39 is 0 Å². The molecule has 0 amide bonds. The van der Waals surface area contributed by atoms with Gasteiger partial charge >= 0.3 is 0 Å². The quantitative estimate of drug-likeness (QED) is 0.378. The van der Waals surface area contributed by atoms with E-state index in [1.54, 1.807) is 0 Å². The third-order valence-electron chi connectivity index (χ3n) is 5.39. The first-order valence-corrected chi connectivity index (χ1v) is 9.76. The predicted molar refractivity (Wildman–Crippen MR) is 119 cm³/mol. The normalized spacial score (nSPS) is 11.2. The number of benzene rings is 3. The maximum Gasteiger partial charge on any atom is 0.203 e. The zero-order chi connectivity index (χ0) is 19.8. The first kappa shape index (κ1) is 18.3. The smallest absolute Gasteiger partial charge is 0.203 e. The second-order valence-corrected chi connectivity index (χ2v) is 7.64. The van der Waals surface area contributed by atoms with E-state index in [1.807, 2.05) is 0 Å². The van der Waals surface area contributed by atoms with E-state index in [1.165, 1.54) is 16.7 Å². The molecule has 0 radical (unpaired) electrons. The molecule has 0 atom stereocenters. The molecule has 0 N–H and O–H groups in total. The van der Waals surface area contributed by atoms with Gasteiger partial charge in [0, 0.05) is 48.4 Å². The molecule has 3 heteroatoms. The molecule has 4 rings (SSSR count). The average molecular weight is 372 g/mol. The second-order valence-electron chi connectivity index (χ2n) is 7.64. The summed E-state index contributed by atoms with van der Waals surface area (Å²) in [6, 6.07) is 21.7. The molecule has 0 unspecified atom stereocenters. The maximum atomic E-state index is 6.41. The molecular weight excluding hydrogens is 344 g/mol. The van der Waals surface area contributed by atoms with Crippen molar-refractivity contribution in [1.82, 2.24) is 4.58 Å². The summed E-state index contributed by atoms with van der Waals surface area (Å²) >= 11 is 0. The van der Waals surface area contributed by atoms with Crippen LogP contribution in [0.4, 0.5) is 5.69 Å². The Hall–Kier alpha value is -3.07. The van der Waals surface area contributed by atoms with Gasteiger partial charge < -0.3 is 9.32 Å². The van der Waals surface area contributed by atoms with Gasteiger partial charge in [-0.15, -0.1) is 0 Å². The molecule has 1 aliphatic carbocycles. The summed E-state index contributed by atoms with van der Waals surface area (Å²) < 4.78 is 8.52. The van der Waals surface area contributed by atoms with E-state index in [2.05, 4.69) is 105 Å². The molecule has 0 aromatic heterocycles. The Morgan fingerprint density at radius 2 is 1.68 bits per heavy atom. The topological polar surface area (TPSA) is 19.4 Å². The van der Waals surface area contributed by atoms with Gasteiger partial charge in [-0.25, -0.2) is 4.58 Å². The highest BCUT2D eigenvalue weighted by Crippen LogP contribution is 2.41. The van der Waals surface area contributed by atoms with E-state index >= 15 is 0 Å². The summed E-state index contributed by atoms with van der Waals surface area (Å²) in [7, 11) is 8.22. The van der Waals surface area contributed by atoms with Crippen molar-refractivity contribution in [2.24, 2.45) is 0 Å². The highest BCUT2D eigenvalue weighted by Gasteiger charge is 2.19. The lowest BCUT2D eigenvalue weighted by Gasteiger charge is -2.19. The van der Waals surface area contributed by atoms with E-state index in [0.717, 1.165) is 39.8 Å². The van der Waals surface area contributed by atoms with E-state index in [9.17, 15) is 0 Å². The highest BCUT2D eigenvalue weighted by atomic mass is 16.3. The van der Waals surface area contributed by atoms with Gasteiger partial charge in [-0.05, 0) is 35.7 Å². The Labute approximate surface area is 166 Å². The SMILES string of the molecule is CCc1ccccc1-c1c2ccc(=[N+](C)C)cc-2oc2cc(N(C)C)ccc12. The van der Waals surface area contributed by atoms with Gasteiger partial charge in [0.05, 0.1) is 6.07 Å². The summed E-state index contributed by atoms with van der Waals surface area (Å²) in [5, 5.41) is 2.28. The van der Waals surface area contributed by atoms with Crippen molar-refractivity contribution in [2.75, 3.05) is 33.1 Å². The lowest BCUT2D eigenvalue weighted by atomic mass is 9.90. The number of aryl methyl sites for hydroxylation is 1. The van der Waals surface area contributed by atoms with Crippen molar-refractivity contribution in [2.45, 2.75) is 13.3 Å². The number of nitrogens with zero attached hydrogens (tertiary/aromatic N) is 2. The van der Waals surface area contributed by atoms with Crippen molar-refractivity contribution >= 4 is 16.7 Å². The standard InChI is InChI=1S/C25H27N2O/c1-6-17-9-7-8-10-20(17)25-21-13-11-18(26(2)3)15-23(21)28-24-16-19(27(4)5)12-14-22(24)25/h7-16H,6H2,1-5H3/q+1. The third kappa shape index (κ3) is 3.07. The molecule has 2 aromatic carbocycles. The van der Waals surface area contributed by atoms with Crippen LogP contribution in [0.25, 0.3) is 33.4 Å². The van der Waals surface area contributed by atoms with Crippen LogP contribution >= 0.6 is 0 Å². The largest absolute Gasteiger partial charge is 0.456 e. The van der Waals surface area contributed by atoms with E-state index in [0.29, 0.717) is 0 Å². The average Bonchev–Trinajstić information content (AvgIpc) is 2.71. The van der Waals surface area contributed by atoms with E-state index in [-0.39, 0.29) is 0 Å². The molecular formula is C25H27N2O+. The number of hydrogen-bond acceptors (Lipinski definition) is 2. The van der Waals surface area contributed by atoms with Crippen LogP contribution in [0, 0.1) is 0 Å². The van der Waals surface area contributed by atoms with Crippen molar-refractivity contribution in [1.29, 1.82) is 0 Å². The van der Waals surface area contributed by atoms with Crippen LogP contribution in [0.5, 0.6) is 0 Å².